The topological polar surface area (TPSA) is 64.2 Å². The van der Waals surface area contributed by atoms with Gasteiger partial charge in [0.1, 0.15) is 0 Å². The normalized spacial score (nSPS) is 17.8. The number of carbonyl (C=O) groups excluding carboxylic acids is 1. The smallest absolute Gasteiger partial charge is 0.276 e. The van der Waals surface area contributed by atoms with Gasteiger partial charge in [-0.2, -0.15) is 5.10 Å². The molecule has 0 spiro atoms. The molecule has 0 unspecified atom stereocenters. The molecule has 0 saturated carbocycles. The zero-order valence-electron chi connectivity index (χ0n) is 9.81. The van der Waals surface area contributed by atoms with Crippen LogP contribution >= 0.6 is 0 Å². The Morgan fingerprint density at radius 3 is 2.62 bits per heavy atom. The number of nitrogen functional groups attached to an aromatic ring is 1. The van der Waals surface area contributed by atoms with Crippen LogP contribution in [-0.4, -0.2) is 33.7 Å². The Morgan fingerprint density at radius 1 is 1.50 bits per heavy atom. The van der Waals surface area contributed by atoms with Crippen molar-refractivity contribution in [3.05, 3.63) is 11.9 Å². The molecule has 1 aliphatic rings. The number of carbonyl (C=O) groups is 1. The number of nitrogens with zero attached hydrogens (tertiary/aromatic N) is 3. The first-order valence-corrected chi connectivity index (χ1v) is 5.66. The van der Waals surface area contributed by atoms with E-state index in [9.17, 15) is 4.79 Å². The number of aromatic nitrogens is 2. The number of amides is 1. The van der Waals surface area contributed by atoms with Gasteiger partial charge in [0.2, 0.25) is 0 Å². The zero-order chi connectivity index (χ0) is 11.7. The average Bonchev–Trinajstić information content (AvgIpc) is 2.58. The molecule has 0 aromatic carbocycles. The second-order valence-corrected chi connectivity index (χ2v) is 4.58. The van der Waals surface area contributed by atoms with E-state index < -0.39 is 0 Å². The molecule has 1 amide bonds. The number of nitrogens with two attached hydrogens (primary N) is 1. The molecule has 0 aliphatic carbocycles. The molecule has 2 rings (SSSR count). The van der Waals surface area contributed by atoms with Gasteiger partial charge in [0.25, 0.3) is 5.91 Å². The summed E-state index contributed by atoms with van der Waals surface area (Å²) in [6.45, 7) is 3.85. The molecule has 0 bridgehead atoms. The Kier molecular flexibility index (Phi) is 2.85. The van der Waals surface area contributed by atoms with Crippen LogP contribution in [0.25, 0.3) is 0 Å². The van der Waals surface area contributed by atoms with Gasteiger partial charge >= 0.3 is 0 Å². The lowest BCUT2D eigenvalue weighted by atomic mass is 9.99. The summed E-state index contributed by atoms with van der Waals surface area (Å²) in [4.78, 5) is 14.0. The molecule has 1 saturated heterocycles. The molecule has 5 heteroatoms. The fourth-order valence-corrected chi connectivity index (χ4v) is 2.03. The van der Waals surface area contributed by atoms with E-state index in [2.05, 4.69) is 12.0 Å². The minimum atomic E-state index is -0.0370. The number of anilines is 1. The Morgan fingerprint density at radius 2 is 2.12 bits per heavy atom. The number of hydrogen-bond donors (Lipinski definition) is 1. The van der Waals surface area contributed by atoms with Crippen LogP contribution in [-0.2, 0) is 7.05 Å². The standard InChI is InChI=1S/C11H18N4O/c1-8-3-5-15(6-4-8)11(16)10-9(12)7-14(2)13-10/h7-8H,3-6,12H2,1-2H3. The van der Waals surface area contributed by atoms with Gasteiger partial charge < -0.3 is 10.6 Å². The molecule has 2 heterocycles. The van der Waals surface area contributed by atoms with Crippen LogP contribution in [0.4, 0.5) is 5.69 Å². The third kappa shape index (κ3) is 2.03. The highest BCUT2D eigenvalue weighted by Gasteiger charge is 2.24. The lowest BCUT2D eigenvalue weighted by molar-refractivity contribution is 0.0691. The summed E-state index contributed by atoms with van der Waals surface area (Å²) in [6.07, 6.45) is 3.80. The predicted octanol–water partition coefficient (Wildman–Crippen LogP) is 0.874. The van der Waals surface area contributed by atoms with Gasteiger partial charge in [-0.05, 0) is 18.8 Å². The SMILES string of the molecule is CC1CCN(C(=O)c2nn(C)cc2N)CC1. The summed E-state index contributed by atoms with van der Waals surface area (Å²) >= 11 is 0. The maximum absolute atomic E-state index is 12.1. The Bertz CT molecular complexity index is 391. The summed E-state index contributed by atoms with van der Waals surface area (Å²) in [7, 11) is 1.77. The molecule has 1 fully saturated rings. The van der Waals surface area contributed by atoms with E-state index in [0.717, 1.165) is 25.9 Å². The predicted molar refractivity (Wildman–Crippen MR) is 61.9 cm³/mol. The van der Waals surface area contributed by atoms with Crippen molar-refractivity contribution in [2.45, 2.75) is 19.8 Å². The number of piperidine rings is 1. The van der Waals surface area contributed by atoms with E-state index in [0.29, 0.717) is 17.3 Å². The van der Waals surface area contributed by atoms with Crippen LogP contribution < -0.4 is 5.73 Å². The summed E-state index contributed by atoms with van der Waals surface area (Å²) in [5.41, 5.74) is 6.60. The van der Waals surface area contributed by atoms with Gasteiger partial charge in [0, 0.05) is 26.3 Å². The van der Waals surface area contributed by atoms with Crippen molar-refractivity contribution in [3.8, 4) is 0 Å². The first-order chi connectivity index (χ1) is 7.58. The van der Waals surface area contributed by atoms with E-state index in [-0.39, 0.29) is 5.91 Å². The van der Waals surface area contributed by atoms with E-state index >= 15 is 0 Å². The minimum absolute atomic E-state index is 0.0370. The minimum Gasteiger partial charge on any atom is -0.396 e. The molecule has 0 radical (unpaired) electrons. The second-order valence-electron chi connectivity index (χ2n) is 4.58. The molecular weight excluding hydrogens is 204 g/mol. The van der Waals surface area contributed by atoms with Crippen LogP contribution in [0.3, 0.4) is 0 Å². The zero-order valence-corrected chi connectivity index (χ0v) is 9.81. The summed E-state index contributed by atoms with van der Waals surface area (Å²) in [5, 5.41) is 4.10. The molecule has 2 N–H and O–H groups in total. The van der Waals surface area contributed by atoms with Crippen molar-refractivity contribution < 1.29 is 4.79 Å². The monoisotopic (exact) mass is 222 g/mol. The van der Waals surface area contributed by atoms with Crippen LogP contribution in [0.1, 0.15) is 30.3 Å². The van der Waals surface area contributed by atoms with Gasteiger partial charge in [-0.25, -0.2) is 0 Å². The molecule has 0 atom stereocenters. The lowest BCUT2D eigenvalue weighted by Crippen LogP contribution is -2.38. The number of hydrogen-bond acceptors (Lipinski definition) is 3. The maximum Gasteiger partial charge on any atom is 0.276 e. The van der Waals surface area contributed by atoms with Crippen molar-refractivity contribution in [1.29, 1.82) is 0 Å². The lowest BCUT2D eigenvalue weighted by Gasteiger charge is -2.29. The summed E-state index contributed by atoms with van der Waals surface area (Å²) in [5.74, 6) is 0.676. The Labute approximate surface area is 95.2 Å². The van der Waals surface area contributed by atoms with Gasteiger partial charge in [-0.15, -0.1) is 0 Å². The highest BCUT2D eigenvalue weighted by molar-refractivity contribution is 5.97. The van der Waals surface area contributed by atoms with E-state index in [1.165, 1.54) is 0 Å². The molecule has 88 valence electrons. The van der Waals surface area contributed by atoms with Gasteiger partial charge in [0.15, 0.2) is 5.69 Å². The third-order valence-electron chi connectivity index (χ3n) is 3.13. The van der Waals surface area contributed by atoms with Crippen molar-refractivity contribution in [2.75, 3.05) is 18.8 Å². The summed E-state index contributed by atoms with van der Waals surface area (Å²) < 4.78 is 1.58. The van der Waals surface area contributed by atoms with Crippen LogP contribution in [0.2, 0.25) is 0 Å². The van der Waals surface area contributed by atoms with Gasteiger partial charge in [-0.3, -0.25) is 9.48 Å². The molecule has 5 nitrogen and oxygen atoms in total. The quantitative estimate of drug-likeness (QED) is 0.767. The largest absolute Gasteiger partial charge is 0.396 e. The number of aryl methyl sites for hydroxylation is 1. The highest BCUT2D eigenvalue weighted by atomic mass is 16.2. The van der Waals surface area contributed by atoms with Crippen molar-refractivity contribution >= 4 is 11.6 Å². The molecular formula is C11H18N4O. The van der Waals surface area contributed by atoms with Gasteiger partial charge in [0.05, 0.1) is 5.69 Å². The van der Waals surface area contributed by atoms with Crippen LogP contribution in [0.15, 0.2) is 6.20 Å². The average molecular weight is 222 g/mol. The van der Waals surface area contributed by atoms with E-state index in [4.69, 9.17) is 5.73 Å². The number of likely N-dealkylation sites (tertiary alicyclic amines) is 1. The van der Waals surface area contributed by atoms with E-state index in [1.54, 1.807) is 17.9 Å². The third-order valence-corrected chi connectivity index (χ3v) is 3.13. The molecule has 1 aliphatic heterocycles. The first-order valence-electron chi connectivity index (χ1n) is 5.66. The second kappa shape index (κ2) is 4.15. The van der Waals surface area contributed by atoms with Crippen molar-refractivity contribution in [2.24, 2.45) is 13.0 Å². The first kappa shape index (κ1) is 11.0. The molecule has 16 heavy (non-hydrogen) atoms. The van der Waals surface area contributed by atoms with Gasteiger partial charge in [-0.1, -0.05) is 6.92 Å². The highest BCUT2D eigenvalue weighted by Crippen LogP contribution is 2.19. The van der Waals surface area contributed by atoms with Crippen molar-refractivity contribution in [3.63, 3.8) is 0 Å². The fourth-order valence-electron chi connectivity index (χ4n) is 2.03. The van der Waals surface area contributed by atoms with Crippen molar-refractivity contribution in [1.82, 2.24) is 14.7 Å². The van der Waals surface area contributed by atoms with Crippen LogP contribution in [0, 0.1) is 5.92 Å². The number of rotatable bonds is 1. The molecule has 1 aromatic rings. The molecule has 1 aromatic heterocycles. The van der Waals surface area contributed by atoms with Crippen LogP contribution in [0.5, 0.6) is 0 Å². The fraction of sp³-hybridized carbons (Fsp3) is 0.636. The maximum atomic E-state index is 12.1. The Hall–Kier alpha value is -1.52. The van der Waals surface area contributed by atoms with E-state index in [1.807, 2.05) is 4.90 Å². The summed E-state index contributed by atoms with van der Waals surface area (Å²) in [6, 6.07) is 0. The Balaban J connectivity index is 2.10.